The summed E-state index contributed by atoms with van der Waals surface area (Å²) < 4.78 is 12.4. The summed E-state index contributed by atoms with van der Waals surface area (Å²) in [7, 11) is -1.24. The molecule has 1 amide bonds. The first-order valence-electron chi connectivity index (χ1n) is 7.90. The number of carbonyl (C=O) groups excluding carboxylic acids is 1. The monoisotopic (exact) mass is 342 g/mol. The smallest absolute Gasteiger partial charge is 0.235 e. The zero-order valence-corrected chi connectivity index (χ0v) is 15.5. The molecule has 124 valence electrons. The molecule has 1 fully saturated rings. The first-order chi connectivity index (χ1) is 10.3. The van der Waals surface area contributed by atoms with Gasteiger partial charge in [0.05, 0.1) is 16.5 Å². The lowest BCUT2D eigenvalue weighted by Gasteiger charge is -2.22. The zero-order valence-electron chi connectivity index (χ0n) is 13.8. The minimum absolute atomic E-state index is 0.155. The standard InChI is InChI=1S/C16H26N2O2S2/c1-11(14(19)18-16(2,3)4)22(20)10-13-9-21-15(17-13)12-7-5-6-8-12/h9,11-12H,5-8,10H2,1-4H3,(H,18,19)/t11-,22-/m0/s1. The molecule has 1 aliphatic rings. The van der Waals surface area contributed by atoms with Crippen molar-refractivity contribution in [2.75, 3.05) is 0 Å². The van der Waals surface area contributed by atoms with Crippen LogP contribution in [0.2, 0.25) is 0 Å². The number of rotatable bonds is 5. The summed E-state index contributed by atoms with van der Waals surface area (Å²) in [5.41, 5.74) is 0.562. The molecule has 2 rings (SSSR count). The Bertz CT molecular complexity index is 543. The molecule has 6 heteroatoms. The van der Waals surface area contributed by atoms with Gasteiger partial charge in [0.1, 0.15) is 5.25 Å². The molecule has 0 unspecified atom stereocenters. The van der Waals surface area contributed by atoms with Gasteiger partial charge in [0.15, 0.2) is 0 Å². The van der Waals surface area contributed by atoms with Crippen LogP contribution >= 0.6 is 11.3 Å². The lowest BCUT2D eigenvalue weighted by molar-refractivity contribution is -0.121. The van der Waals surface area contributed by atoms with E-state index < -0.39 is 16.0 Å². The van der Waals surface area contributed by atoms with Crippen LogP contribution in [0.5, 0.6) is 0 Å². The minimum Gasteiger partial charge on any atom is -0.350 e. The van der Waals surface area contributed by atoms with E-state index in [1.165, 1.54) is 30.7 Å². The summed E-state index contributed by atoms with van der Waals surface area (Å²) in [6.45, 7) is 7.50. The van der Waals surface area contributed by atoms with Crippen LogP contribution < -0.4 is 5.32 Å². The topological polar surface area (TPSA) is 59.1 Å². The van der Waals surface area contributed by atoms with Crippen molar-refractivity contribution < 1.29 is 9.00 Å². The van der Waals surface area contributed by atoms with Crippen molar-refractivity contribution in [2.45, 2.75) is 75.8 Å². The molecule has 4 nitrogen and oxygen atoms in total. The SMILES string of the molecule is C[C@@H](C(=O)NC(C)(C)C)[S@@](=O)Cc1csc(C2CCCC2)n1. The maximum Gasteiger partial charge on any atom is 0.235 e. The summed E-state index contributed by atoms with van der Waals surface area (Å²) in [5.74, 6) is 0.799. The normalized spacial score (nSPS) is 19.1. The van der Waals surface area contributed by atoms with Gasteiger partial charge in [-0.25, -0.2) is 4.98 Å². The van der Waals surface area contributed by atoms with Crippen LogP contribution in [0.15, 0.2) is 5.38 Å². The van der Waals surface area contributed by atoms with Gasteiger partial charge < -0.3 is 5.32 Å². The van der Waals surface area contributed by atoms with Crippen LogP contribution in [0.25, 0.3) is 0 Å². The Hall–Kier alpha value is -0.750. The average Bonchev–Trinajstić information content (AvgIpc) is 3.05. The molecule has 22 heavy (non-hydrogen) atoms. The van der Waals surface area contributed by atoms with E-state index in [0.29, 0.717) is 11.7 Å². The van der Waals surface area contributed by atoms with Gasteiger partial charge >= 0.3 is 0 Å². The summed E-state index contributed by atoms with van der Waals surface area (Å²) in [5, 5.41) is 5.55. The predicted octanol–water partition coefficient (Wildman–Crippen LogP) is 3.35. The molecule has 2 atom stereocenters. The van der Waals surface area contributed by atoms with Crippen LogP contribution in [-0.2, 0) is 21.3 Å². The van der Waals surface area contributed by atoms with Gasteiger partial charge in [0.2, 0.25) is 5.91 Å². The fourth-order valence-corrected chi connectivity index (χ4v) is 4.69. The second-order valence-corrected chi connectivity index (χ2v) is 9.71. The Morgan fingerprint density at radius 2 is 2.09 bits per heavy atom. The van der Waals surface area contributed by atoms with E-state index in [1.54, 1.807) is 18.3 Å². The second-order valence-electron chi connectivity index (χ2n) is 7.07. The van der Waals surface area contributed by atoms with Gasteiger partial charge in [0, 0.05) is 27.6 Å². The van der Waals surface area contributed by atoms with E-state index in [9.17, 15) is 9.00 Å². The van der Waals surface area contributed by atoms with Crippen molar-refractivity contribution >= 4 is 28.0 Å². The Kier molecular flexibility index (Phi) is 5.77. The van der Waals surface area contributed by atoms with Gasteiger partial charge in [-0.1, -0.05) is 12.8 Å². The lowest BCUT2D eigenvalue weighted by atomic mass is 10.1. The van der Waals surface area contributed by atoms with Crippen molar-refractivity contribution in [2.24, 2.45) is 0 Å². The average molecular weight is 343 g/mol. The second kappa shape index (κ2) is 7.21. The fourth-order valence-electron chi connectivity index (χ4n) is 2.61. The molecule has 1 saturated carbocycles. The van der Waals surface area contributed by atoms with Crippen LogP contribution in [0.3, 0.4) is 0 Å². The summed E-state index contributed by atoms with van der Waals surface area (Å²) in [6.07, 6.45) is 5.02. The van der Waals surface area contributed by atoms with Gasteiger partial charge in [-0.2, -0.15) is 0 Å². The maximum absolute atomic E-state index is 12.4. The summed E-state index contributed by atoms with van der Waals surface area (Å²) in [6, 6.07) is 0. The molecule has 1 N–H and O–H groups in total. The molecule has 1 aliphatic carbocycles. The van der Waals surface area contributed by atoms with Crippen molar-refractivity contribution in [1.29, 1.82) is 0 Å². The molecule has 0 aliphatic heterocycles. The number of nitrogens with one attached hydrogen (secondary N) is 1. The number of nitrogens with zero attached hydrogens (tertiary/aromatic N) is 1. The minimum atomic E-state index is -1.24. The zero-order chi connectivity index (χ0) is 16.3. The highest BCUT2D eigenvalue weighted by atomic mass is 32.2. The predicted molar refractivity (Wildman–Crippen MR) is 92.5 cm³/mol. The van der Waals surface area contributed by atoms with Crippen LogP contribution in [0.1, 0.15) is 70.0 Å². The number of thiazole rings is 1. The van der Waals surface area contributed by atoms with E-state index in [1.807, 2.05) is 26.2 Å². The number of hydrogen-bond donors (Lipinski definition) is 1. The molecule has 0 spiro atoms. The molecule has 0 bridgehead atoms. The molecule has 1 aromatic rings. The third-order valence-electron chi connectivity index (χ3n) is 3.83. The lowest BCUT2D eigenvalue weighted by Crippen LogP contribution is -2.46. The van der Waals surface area contributed by atoms with Crippen molar-refractivity contribution in [1.82, 2.24) is 10.3 Å². The van der Waals surface area contributed by atoms with Gasteiger partial charge in [-0.15, -0.1) is 11.3 Å². The number of aromatic nitrogens is 1. The van der Waals surface area contributed by atoms with Crippen molar-refractivity contribution in [3.8, 4) is 0 Å². The van der Waals surface area contributed by atoms with Crippen molar-refractivity contribution in [3.05, 3.63) is 16.1 Å². The number of amides is 1. The molecular formula is C16H26N2O2S2. The highest BCUT2D eigenvalue weighted by Crippen LogP contribution is 2.35. The molecule has 0 aromatic carbocycles. The quantitative estimate of drug-likeness (QED) is 0.892. The molecule has 1 aromatic heterocycles. The van der Waals surface area contributed by atoms with Crippen LogP contribution in [0, 0.1) is 0 Å². The van der Waals surface area contributed by atoms with Gasteiger partial charge in [-0.3, -0.25) is 9.00 Å². The van der Waals surface area contributed by atoms with E-state index in [4.69, 9.17) is 0 Å². The Balaban J connectivity index is 1.92. The van der Waals surface area contributed by atoms with Crippen molar-refractivity contribution in [3.63, 3.8) is 0 Å². The third-order valence-corrected chi connectivity index (χ3v) is 6.46. The molecule has 0 radical (unpaired) electrons. The Labute approximate surface area is 139 Å². The van der Waals surface area contributed by atoms with Gasteiger partial charge in [0.25, 0.3) is 0 Å². The molecule has 0 saturated heterocycles. The maximum atomic E-state index is 12.4. The van der Waals surface area contributed by atoms with E-state index in [2.05, 4.69) is 10.3 Å². The largest absolute Gasteiger partial charge is 0.350 e. The first kappa shape index (κ1) is 17.6. The molecular weight excluding hydrogens is 316 g/mol. The third kappa shape index (κ3) is 4.88. The van der Waals surface area contributed by atoms with E-state index in [0.717, 1.165) is 5.69 Å². The van der Waals surface area contributed by atoms with E-state index in [-0.39, 0.29) is 11.4 Å². The molecule has 1 heterocycles. The Morgan fingerprint density at radius 3 is 2.68 bits per heavy atom. The first-order valence-corrected chi connectivity index (χ1v) is 10.2. The number of hydrogen-bond acceptors (Lipinski definition) is 4. The fraction of sp³-hybridized carbons (Fsp3) is 0.750. The van der Waals surface area contributed by atoms with E-state index >= 15 is 0 Å². The highest BCUT2D eigenvalue weighted by molar-refractivity contribution is 7.85. The van der Waals surface area contributed by atoms with Crippen LogP contribution in [0.4, 0.5) is 0 Å². The van der Waals surface area contributed by atoms with Crippen LogP contribution in [-0.4, -0.2) is 25.9 Å². The Morgan fingerprint density at radius 1 is 1.45 bits per heavy atom. The summed E-state index contributed by atoms with van der Waals surface area (Å²) in [4.78, 5) is 16.7. The number of carbonyl (C=O) groups is 1. The summed E-state index contributed by atoms with van der Waals surface area (Å²) >= 11 is 1.67. The van der Waals surface area contributed by atoms with Gasteiger partial charge in [-0.05, 0) is 40.5 Å². The highest BCUT2D eigenvalue weighted by Gasteiger charge is 2.25.